The summed E-state index contributed by atoms with van der Waals surface area (Å²) >= 11 is 0. The summed E-state index contributed by atoms with van der Waals surface area (Å²) in [4.78, 5) is 12.0. The molecule has 2 rings (SSSR count). The van der Waals surface area contributed by atoms with Crippen LogP contribution in [0.15, 0.2) is 48.1 Å². The number of benzene rings is 1. The van der Waals surface area contributed by atoms with Crippen LogP contribution in [-0.2, 0) is 4.79 Å². The molecular formula is C14H16N2O. The molecule has 1 unspecified atom stereocenters. The maximum Gasteiger partial charge on any atom is 0.243 e. The lowest BCUT2D eigenvalue weighted by Crippen LogP contribution is -2.26. The zero-order valence-corrected chi connectivity index (χ0v) is 9.75. The summed E-state index contributed by atoms with van der Waals surface area (Å²) in [5, 5.41) is 5.77. The van der Waals surface area contributed by atoms with Crippen molar-refractivity contribution in [2.24, 2.45) is 5.10 Å². The summed E-state index contributed by atoms with van der Waals surface area (Å²) in [6.07, 6.45) is 5.54. The number of carbonyl (C=O) groups is 1. The van der Waals surface area contributed by atoms with Gasteiger partial charge in [-0.05, 0) is 12.0 Å². The van der Waals surface area contributed by atoms with E-state index >= 15 is 0 Å². The minimum absolute atomic E-state index is 0.0625. The molecule has 3 nitrogen and oxygen atoms in total. The second-order valence-corrected chi connectivity index (χ2v) is 4.03. The van der Waals surface area contributed by atoms with Gasteiger partial charge in [-0.1, -0.05) is 36.4 Å². The van der Waals surface area contributed by atoms with Crippen molar-refractivity contribution in [3.05, 3.63) is 48.6 Å². The molecule has 1 amide bonds. The van der Waals surface area contributed by atoms with Gasteiger partial charge in [0.15, 0.2) is 0 Å². The van der Waals surface area contributed by atoms with Crippen LogP contribution in [0.3, 0.4) is 0 Å². The number of hydrogen-bond donors (Lipinski definition) is 0. The fourth-order valence-corrected chi connectivity index (χ4v) is 1.95. The zero-order valence-electron chi connectivity index (χ0n) is 9.75. The van der Waals surface area contributed by atoms with Gasteiger partial charge in [0.1, 0.15) is 0 Å². The molecule has 88 valence electrons. The van der Waals surface area contributed by atoms with E-state index in [1.165, 1.54) is 0 Å². The number of rotatable bonds is 4. The highest BCUT2D eigenvalue weighted by molar-refractivity contribution is 5.79. The fourth-order valence-electron chi connectivity index (χ4n) is 1.95. The van der Waals surface area contributed by atoms with E-state index in [1.54, 1.807) is 11.1 Å². The van der Waals surface area contributed by atoms with E-state index in [9.17, 15) is 4.79 Å². The third-order valence-electron chi connectivity index (χ3n) is 2.83. The number of hydrazone groups is 1. The van der Waals surface area contributed by atoms with Gasteiger partial charge in [-0.15, -0.1) is 6.58 Å². The summed E-state index contributed by atoms with van der Waals surface area (Å²) < 4.78 is 0. The average Bonchev–Trinajstić information content (AvgIpc) is 2.86. The third-order valence-corrected chi connectivity index (χ3v) is 2.83. The number of carbonyl (C=O) groups excluding carboxylic acids is 1. The van der Waals surface area contributed by atoms with Crippen LogP contribution in [0.5, 0.6) is 0 Å². The highest BCUT2D eigenvalue weighted by Gasteiger charge is 2.27. The number of nitrogens with zero attached hydrogens (tertiary/aromatic N) is 2. The van der Waals surface area contributed by atoms with Gasteiger partial charge in [0, 0.05) is 19.1 Å². The number of allylic oxidation sites excluding steroid dienone is 1. The molecule has 0 N–H and O–H groups in total. The van der Waals surface area contributed by atoms with Crippen molar-refractivity contribution in [3.63, 3.8) is 0 Å². The van der Waals surface area contributed by atoms with E-state index < -0.39 is 0 Å². The molecule has 0 saturated heterocycles. The van der Waals surface area contributed by atoms with Crippen molar-refractivity contribution in [3.8, 4) is 0 Å². The molecule has 1 aromatic carbocycles. The first-order valence-electron chi connectivity index (χ1n) is 5.83. The second-order valence-electron chi connectivity index (χ2n) is 4.03. The van der Waals surface area contributed by atoms with Crippen molar-refractivity contribution in [1.82, 2.24) is 5.01 Å². The van der Waals surface area contributed by atoms with Crippen LogP contribution in [0, 0.1) is 0 Å². The maximum absolute atomic E-state index is 12.0. The molecule has 0 bridgehead atoms. The van der Waals surface area contributed by atoms with Crippen LogP contribution in [-0.4, -0.2) is 17.1 Å². The van der Waals surface area contributed by atoms with Gasteiger partial charge in [0.25, 0.3) is 0 Å². The molecule has 1 atom stereocenters. The standard InChI is InChI=1S/C14H16N2O/c1-2-3-9-14(17)16-13(10-11-15-16)12-7-5-4-6-8-12/h2,4-8,11,13H,1,3,9-10H2. The lowest BCUT2D eigenvalue weighted by Gasteiger charge is -2.22. The normalized spacial score (nSPS) is 18.4. The van der Waals surface area contributed by atoms with Gasteiger partial charge in [-0.2, -0.15) is 5.10 Å². The molecule has 0 aliphatic carbocycles. The van der Waals surface area contributed by atoms with Crippen LogP contribution < -0.4 is 0 Å². The van der Waals surface area contributed by atoms with Crippen molar-refractivity contribution in [2.75, 3.05) is 0 Å². The molecule has 0 spiro atoms. The lowest BCUT2D eigenvalue weighted by atomic mass is 10.0. The monoisotopic (exact) mass is 228 g/mol. The van der Waals surface area contributed by atoms with Crippen LogP contribution in [0.25, 0.3) is 0 Å². The Morgan fingerprint density at radius 1 is 1.47 bits per heavy atom. The molecule has 1 aliphatic rings. The Morgan fingerprint density at radius 3 is 2.94 bits per heavy atom. The van der Waals surface area contributed by atoms with E-state index in [2.05, 4.69) is 11.7 Å². The topological polar surface area (TPSA) is 32.7 Å². The minimum Gasteiger partial charge on any atom is -0.273 e. The highest BCUT2D eigenvalue weighted by Crippen LogP contribution is 2.28. The van der Waals surface area contributed by atoms with E-state index in [0.29, 0.717) is 12.8 Å². The molecule has 1 heterocycles. The van der Waals surface area contributed by atoms with Crippen molar-refractivity contribution < 1.29 is 4.79 Å². The van der Waals surface area contributed by atoms with Gasteiger partial charge in [-0.25, -0.2) is 5.01 Å². The van der Waals surface area contributed by atoms with Gasteiger partial charge in [0.05, 0.1) is 6.04 Å². The van der Waals surface area contributed by atoms with Crippen LogP contribution in [0.1, 0.15) is 30.9 Å². The Bertz CT molecular complexity index is 425. The molecule has 0 radical (unpaired) electrons. The van der Waals surface area contributed by atoms with Gasteiger partial charge in [-0.3, -0.25) is 4.79 Å². The van der Waals surface area contributed by atoms with Crippen molar-refractivity contribution >= 4 is 12.1 Å². The summed E-state index contributed by atoms with van der Waals surface area (Å²) in [7, 11) is 0. The Kier molecular flexibility index (Phi) is 3.70. The first-order chi connectivity index (χ1) is 8.33. The maximum atomic E-state index is 12.0. The summed E-state index contributed by atoms with van der Waals surface area (Å²) in [6, 6.07) is 10.1. The third kappa shape index (κ3) is 2.61. The molecule has 0 fully saturated rings. The number of hydrogen-bond acceptors (Lipinski definition) is 2. The van der Waals surface area contributed by atoms with Gasteiger partial charge < -0.3 is 0 Å². The van der Waals surface area contributed by atoms with E-state index in [4.69, 9.17) is 0 Å². The first-order valence-corrected chi connectivity index (χ1v) is 5.83. The predicted molar refractivity (Wildman–Crippen MR) is 68.6 cm³/mol. The molecule has 0 saturated carbocycles. The molecule has 3 heteroatoms. The number of amides is 1. The minimum atomic E-state index is 0.0625. The smallest absolute Gasteiger partial charge is 0.243 e. The van der Waals surface area contributed by atoms with Crippen LogP contribution in [0.4, 0.5) is 0 Å². The zero-order chi connectivity index (χ0) is 12.1. The molecule has 1 aliphatic heterocycles. The Balaban J connectivity index is 2.09. The van der Waals surface area contributed by atoms with Crippen molar-refractivity contribution in [1.29, 1.82) is 0 Å². The molecular weight excluding hydrogens is 212 g/mol. The summed E-state index contributed by atoms with van der Waals surface area (Å²) in [5.74, 6) is 0.0625. The molecule has 1 aromatic rings. The second kappa shape index (κ2) is 5.43. The quantitative estimate of drug-likeness (QED) is 0.729. The fraction of sp³-hybridized carbons (Fsp3) is 0.286. The van der Waals surface area contributed by atoms with Gasteiger partial charge in [0.2, 0.25) is 5.91 Å². The lowest BCUT2D eigenvalue weighted by molar-refractivity contribution is -0.132. The van der Waals surface area contributed by atoms with E-state index in [1.807, 2.05) is 36.5 Å². The first kappa shape index (κ1) is 11.6. The van der Waals surface area contributed by atoms with Crippen LogP contribution >= 0.6 is 0 Å². The largest absolute Gasteiger partial charge is 0.273 e. The SMILES string of the molecule is C=CCCC(=O)N1N=CCC1c1ccccc1. The Morgan fingerprint density at radius 2 is 2.24 bits per heavy atom. The Hall–Kier alpha value is -1.90. The van der Waals surface area contributed by atoms with Gasteiger partial charge >= 0.3 is 0 Å². The summed E-state index contributed by atoms with van der Waals surface area (Å²) in [6.45, 7) is 3.63. The van der Waals surface area contributed by atoms with Crippen molar-refractivity contribution in [2.45, 2.75) is 25.3 Å². The average molecular weight is 228 g/mol. The van der Waals surface area contributed by atoms with Crippen LogP contribution in [0.2, 0.25) is 0 Å². The van der Waals surface area contributed by atoms with E-state index in [0.717, 1.165) is 12.0 Å². The van der Waals surface area contributed by atoms with E-state index in [-0.39, 0.29) is 11.9 Å². The summed E-state index contributed by atoms with van der Waals surface area (Å²) in [5.41, 5.74) is 1.14. The molecule has 0 aromatic heterocycles. The predicted octanol–water partition coefficient (Wildman–Crippen LogP) is 2.91. The molecule has 17 heavy (non-hydrogen) atoms. The highest BCUT2D eigenvalue weighted by atomic mass is 16.2. The Labute approximate surface area is 101 Å².